The van der Waals surface area contributed by atoms with Crippen molar-refractivity contribution in [2.24, 2.45) is 0 Å². The molecular formula is C8H7N3O3. The molecule has 0 saturated heterocycles. The van der Waals surface area contributed by atoms with E-state index in [0.29, 0.717) is 0 Å². The molecule has 6 heteroatoms. The highest BCUT2D eigenvalue weighted by Crippen LogP contribution is 2.09. The Labute approximate surface area is 78.2 Å². The summed E-state index contributed by atoms with van der Waals surface area (Å²) < 4.78 is 5.95. The summed E-state index contributed by atoms with van der Waals surface area (Å²) in [4.78, 5) is 28.2. The molecule has 6 nitrogen and oxygen atoms in total. The number of nitrogens with one attached hydrogen (secondary N) is 1. The molecule has 14 heavy (non-hydrogen) atoms. The van der Waals surface area contributed by atoms with Gasteiger partial charge in [0.25, 0.3) is 0 Å². The van der Waals surface area contributed by atoms with Crippen LogP contribution >= 0.6 is 0 Å². The molecule has 1 aromatic heterocycles. The molecule has 1 aliphatic rings. The van der Waals surface area contributed by atoms with Gasteiger partial charge in [-0.1, -0.05) is 6.08 Å². The third-order valence-electron chi connectivity index (χ3n) is 1.73. The SMILES string of the molecule is O=c1nc[nH]c(=O)n1C1C=CC=CO1. The van der Waals surface area contributed by atoms with Gasteiger partial charge in [-0.3, -0.25) is 4.98 Å². The zero-order valence-electron chi connectivity index (χ0n) is 7.08. The number of ether oxygens (including phenoxy) is 1. The molecule has 0 aliphatic carbocycles. The number of aromatic amines is 1. The van der Waals surface area contributed by atoms with E-state index in [9.17, 15) is 9.59 Å². The lowest BCUT2D eigenvalue weighted by Crippen LogP contribution is -2.39. The zero-order chi connectivity index (χ0) is 9.97. The molecule has 1 atom stereocenters. The molecule has 2 rings (SSSR count). The molecule has 72 valence electrons. The second-order valence-corrected chi connectivity index (χ2v) is 2.60. The minimum Gasteiger partial charge on any atom is -0.474 e. The van der Waals surface area contributed by atoms with Crippen molar-refractivity contribution in [3.63, 3.8) is 0 Å². The van der Waals surface area contributed by atoms with E-state index in [4.69, 9.17) is 4.74 Å². The number of H-pyrrole nitrogens is 1. The Morgan fingerprint density at radius 1 is 1.43 bits per heavy atom. The lowest BCUT2D eigenvalue weighted by atomic mass is 10.4. The number of hydrogen-bond donors (Lipinski definition) is 1. The quantitative estimate of drug-likeness (QED) is 0.654. The van der Waals surface area contributed by atoms with Gasteiger partial charge in [0, 0.05) is 0 Å². The Balaban J connectivity index is 2.51. The normalized spacial score (nSPS) is 19.3. The molecule has 0 aromatic carbocycles. The van der Waals surface area contributed by atoms with Crippen molar-refractivity contribution in [1.82, 2.24) is 14.5 Å². The van der Waals surface area contributed by atoms with Gasteiger partial charge in [-0.05, 0) is 12.2 Å². The Bertz CT molecular complexity index is 469. The first-order valence-corrected chi connectivity index (χ1v) is 3.94. The van der Waals surface area contributed by atoms with E-state index >= 15 is 0 Å². The van der Waals surface area contributed by atoms with Crippen LogP contribution in [0.3, 0.4) is 0 Å². The predicted molar refractivity (Wildman–Crippen MR) is 47.5 cm³/mol. The average molecular weight is 193 g/mol. The van der Waals surface area contributed by atoms with Gasteiger partial charge in [-0.15, -0.1) is 0 Å². The Morgan fingerprint density at radius 3 is 2.93 bits per heavy atom. The third kappa shape index (κ3) is 1.37. The molecule has 0 spiro atoms. The topological polar surface area (TPSA) is 77.0 Å². The maximum atomic E-state index is 11.3. The minimum atomic E-state index is -0.718. The summed E-state index contributed by atoms with van der Waals surface area (Å²) >= 11 is 0. The summed E-state index contributed by atoms with van der Waals surface area (Å²) in [5, 5.41) is 0. The van der Waals surface area contributed by atoms with Gasteiger partial charge in [0.1, 0.15) is 6.33 Å². The van der Waals surface area contributed by atoms with Gasteiger partial charge >= 0.3 is 11.4 Å². The summed E-state index contributed by atoms with van der Waals surface area (Å²) in [7, 11) is 0. The van der Waals surface area contributed by atoms with E-state index < -0.39 is 17.6 Å². The third-order valence-corrected chi connectivity index (χ3v) is 1.73. The summed E-state index contributed by atoms with van der Waals surface area (Å²) in [5.74, 6) is 0. The zero-order valence-corrected chi connectivity index (χ0v) is 7.08. The van der Waals surface area contributed by atoms with Crippen molar-refractivity contribution in [2.45, 2.75) is 6.23 Å². The number of rotatable bonds is 1. The van der Waals surface area contributed by atoms with E-state index in [1.807, 2.05) is 0 Å². The molecule has 1 aliphatic heterocycles. The van der Waals surface area contributed by atoms with Crippen LogP contribution in [0, 0.1) is 0 Å². The van der Waals surface area contributed by atoms with Crippen LogP contribution in [0.2, 0.25) is 0 Å². The number of aromatic nitrogens is 3. The highest BCUT2D eigenvalue weighted by Gasteiger charge is 2.13. The van der Waals surface area contributed by atoms with Crippen LogP contribution in [0.15, 0.2) is 40.4 Å². The fourth-order valence-electron chi connectivity index (χ4n) is 1.11. The van der Waals surface area contributed by atoms with Gasteiger partial charge in [0.05, 0.1) is 6.26 Å². The fraction of sp³-hybridized carbons (Fsp3) is 0.125. The number of nitrogens with zero attached hydrogens (tertiary/aromatic N) is 2. The van der Waals surface area contributed by atoms with E-state index in [0.717, 1.165) is 10.9 Å². The lowest BCUT2D eigenvalue weighted by molar-refractivity contribution is 0.112. The van der Waals surface area contributed by atoms with Crippen LogP contribution in [0.1, 0.15) is 6.23 Å². The first-order chi connectivity index (χ1) is 6.79. The van der Waals surface area contributed by atoms with Crippen LogP contribution in [0.25, 0.3) is 0 Å². The van der Waals surface area contributed by atoms with Gasteiger partial charge < -0.3 is 4.74 Å². The van der Waals surface area contributed by atoms with Crippen LogP contribution in [0.5, 0.6) is 0 Å². The first-order valence-electron chi connectivity index (χ1n) is 3.94. The summed E-state index contributed by atoms with van der Waals surface area (Å²) in [6.07, 6.45) is 6.68. The van der Waals surface area contributed by atoms with E-state index in [1.165, 1.54) is 6.26 Å². The number of hydrogen-bond acceptors (Lipinski definition) is 4. The van der Waals surface area contributed by atoms with E-state index in [1.54, 1.807) is 18.2 Å². The Hall–Kier alpha value is -2.11. The van der Waals surface area contributed by atoms with Crippen LogP contribution < -0.4 is 11.4 Å². The average Bonchev–Trinajstić information content (AvgIpc) is 2.19. The van der Waals surface area contributed by atoms with Crippen LogP contribution in [-0.4, -0.2) is 14.5 Å². The highest BCUT2D eigenvalue weighted by atomic mass is 16.5. The lowest BCUT2D eigenvalue weighted by Gasteiger charge is -2.15. The summed E-state index contributed by atoms with van der Waals surface area (Å²) in [6, 6.07) is 0. The highest BCUT2D eigenvalue weighted by molar-refractivity contribution is 5.06. The van der Waals surface area contributed by atoms with Gasteiger partial charge in [-0.2, -0.15) is 4.98 Å². The monoisotopic (exact) mass is 193 g/mol. The fourth-order valence-corrected chi connectivity index (χ4v) is 1.11. The Kier molecular flexibility index (Phi) is 2.02. The molecular weight excluding hydrogens is 186 g/mol. The van der Waals surface area contributed by atoms with Crippen molar-refractivity contribution in [3.8, 4) is 0 Å². The molecule has 2 heterocycles. The van der Waals surface area contributed by atoms with Crippen LogP contribution in [-0.2, 0) is 4.74 Å². The predicted octanol–water partition coefficient (Wildman–Crippen LogP) is -0.470. The maximum Gasteiger partial charge on any atom is 0.356 e. The smallest absolute Gasteiger partial charge is 0.356 e. The second kappa shape index (κ2) is 3.33. The maximum absolute atomic E-state index is 11.3. The standard InChI is InChI=1S/C8H7N3O3/c12-7-9-5-10-8(13)11(7)6-3-1-2-4-14-6/h1-6H,(H,9,10,12,13). The van der Waals surface area contributed by atoms with Crippen molar-refractivity contribution in [2.75, 3.05) is 0 Å². The number of allylic oxidation sites excluding steroid dienone is 2. The molecule has 1 aromatic rings. The van der Waals surface area contributed by atoms with Crippen molar-refractivity contribution in [1.29, 1.82) is 0 Å². The molecule has 1 N–H and O–H groups in total. The van der Waals surface area contributed by atoms with Gasteiger partial charge in [0.2, 0.25) is 6.23 Å². The van der Waals surface area contributed by atoms with Crippen molar-refractivity contribution < 1.29 is 4.74 Å². The molecule has 0 radical (unpaired) electrons. The molecule has 0 saturated carbocycles. The summed E-state index contributed by atoms with van der Waals surface area (Å²) in [5.41, 5.74) is -1.19. The molecule has 0 fully saturated rings. The van der Waals surface area contributed by atoms with Crippen molar-refractivity contribution in [3.05, 3.63) is 51.8 Å². The molecule has 0 bridgehead atoms. The Morgan fingerprint density at radius 2 is 2.29 bits per heavy atom. The first kappa shape index (κ1) is 8.49. The van der Waals surface area contributed by atoms with Crippen LogP contribution in [0.4, 0.5) is 0 Å². The molecule has 1 unspecified atom stereocenters. The summed E-state index contributed by atoms with van der Waals surface area (Å²) in [6.45, 7) is 0. The van der Waals surface area contributed by atoms with Crippen molar-refractivity contribution >= 4 is 0 Å². The van der Waals surface area contributed by atoms with E-state index in [-0.39, 0.29) is 0 Å². The van der Waals surface area contributed by atoms with Gasteiger partial charge in [0.15, 0.2) is 0 Å². The molecule has 0 amide bonds. The van der Waals surface area contributed by atoms with Gasteiger partial charge in [-0.25, -0.2) is 14.2 Å². The second-order valence-electron chi connectivity index (χ2n) is 2.60. The largest absolute Gasteiger partial charge is 0.474 e. The van der Waals surface area contributed by atoms with E-state index in [2.05, 4.69) is 9.97 Å². The minimum absolute atomic E-state index is 0.546.